The molecule has 4 rings (SSSR count). The number of benzene rings is 2. The van der Waals surface area contributed by atoms with Gasteiger partial charge in [-0.3, -0.25) is 9.59 Å². The Morgan fingerprint density at radius 1 is 1.19 bits per heavy atom. The number of aromatic nitrogens is 1. The number of rotatable bonds is 6. The summed E-state index contributed by atoms with van der Waals surface area (Å²) < 4.78 is 19.5. The van der Waals surface area contributed by atoms with Gasteiger partial charge in [-0.1, -0.05) is 22.9 Å². The standard InChI is InChI=1S/C21H20ClFN4O3S/c22-16-11-13(23)1-3-15(16)20(29)24-6-5-19(28)25-14-2-4-17-18(12-14)31-21(26-17)27-7-9-30-10-8-27/h1-4,11-12H,5-10H2,(H,24,29)(H,25,28). The van der Waals surface area contributed by atoms with E-state index in [1.807, 2.05) is 12.1 Å². The molecule has 2 aromatic carbocycles. The summed E-state index contributed by atoms with van der Waals surface area (Å²) in [5.41, 5.74) is 1.71. The van der Waals surface area contributed by atoms with Gasteiger partial charge in [0, 0.05) is 31.7 Å². The van der Waals surface area contributed by atoms with E-state index in [4.69, 9.17) is 16.3 Å². The van der Waals surface area contributed by atoms with Crippen molar-refractivity contribution in [3.63, 3.8) is 0 Å². The molecule has 1 aromatic heterocycles. The van der Waals surface area contributed by atoms with Gasteiger partial charge in [0.1, 0.15) is 5.82 Å². The lowest BCUT2D eigenvalue weighted by molar-refractivity contribution is -0.116. The number of morpholine rings is 1. The third kappa shape index (κ3) is 5.30. The Morgan fingerprint density at radius 2 is 2.00 bits per heavy atom. The summed E-state index contributed by atoms with van der Waals surface area (Å²) in [7, 11) is 0. The zero-order chi connectivity index (χ0) is 21.8. The first-order valence-electron chi connectivity index (χ1n) is 9.76. The number of ether oxygens (including phenoxy) is 1. The number of anilines is 2. The topological polar surface area (TPSA) is 83.6 Å². The van der Waals surface area contributed by atoms with Crippen LogP contribution < -0.4 is 15.5 Å². The molecule has 1 aliphatic rings. The van der Waals surface area contributed by atoms with E-state index < -0.39 is 11.7 Å². The Morgan fingerprint density at radius 3 is 2.77 bits per heavy atom. The highest BCUT2D eigenvalue weighted by Crippen LogP contribution is 2.31. The van der Waals surface area contributed by atoms with Gasteiger partial charge in [-0.25, -0.2) is 9.37 Å². The highest BCUT2D eigenvalue weighted by molar-refractivity contribution is 7.22. The largest absolute Gasteiger partial charge is 0.378 e. The second kappa shape index (κ2) is 9.59. The molecule has 162 valence electrons. The monoisotopic (exact) mass is 462 g/mol. The van der Waals surface area contributed by atoms with Gasteiger partial charge in [0.15, 0.2) is 5.13 Å². The Labute approximate surface area is 187 Å². The SMILES string of the molecule is O=C(CCNC(=O)c1ccc(F)cc1Cl)Nc1ccc2nc(N3CCOCC3)sc2c1. The minimum Gasteiger partial charge on any atom is -0.378 e. The number of thiazole rings is 1. The number of amides is 2. The van der Waals surface area contributed by atoms with Crippen LogP contribution in [0.4, 0.5) is 15.2 Å². The van der Waals surface area contributed by atoms with E-state index in [1.54, 1.807) is 17.4 Å². The van der Waals surface area contributed by atoms with Crippen molar-refractivity contribution < 1.29 is 18.7 Å². The zero-order valence-corrected chi connectivity index (χ0v) is 18.1. The molecule has 0 saturated carbocycles. The van der Waals surface area contributed by atoms with Crippen molar-refractivity contribution in [3.8, 4) is 0 Å². The minimum absolute atomic E-state index is 0.0243. The van der Waals surface area contributed by atoms with Gasteiger partial charge in [0.05, 0.1) is 34.0 Å². The number of hydrogen-bond acceptors (Lipinski definition) is 6. The van der Waals surface area contributed by atoms with Gasteiger partial charge < -0.3 is 20.3 Å². The molecule has 7 nitrogen and oxygen atoms in total. The fraction of sp³-hybridized carbons (Fsp3) is 0.286. The van der Waals surface area contributed by atoms with E-state index in [1.165, 1.54) is 6.07 Å². The average Bonchev–Trinajstić information content (AvgIpc) is 3.18. The summed E-state index contributed by atoms with van der Waals surface area (Å²) in [6, 6.07) is 9.12. The molecule has 3 aromatic rings. The number of fused-ring (bicyclic) bond motifs is 1. The van der Waals surface area contributed by atoms with Crippen molar-refractivity contribution in [2.75, 3.05) is 43.1 Å². The summed E-state index contributed by atoms with van der Waals surface area (Å²) in [4.78, 5) is 31.2. The fourth-order valence-electron chi connectivity index (χ4n) is 3.16. The molecule has 10 heteroatoms. The third-order valence-electron chi connectivity index (χ3n) is 4.76. The molecule has 0 bridgehead atoms. The van der Waals surface area contributed by atoms with Crippen LogP contribution in [0.25, 0.3) is 10.2 Å². The summed E-state index contributed by atoms with van der Waals surface area (Å²) in [5.74, 6) is -1.21. The molecule has 1 fully saturated rings. The number of carbonyl (C=O) groups excluding carboxylic acids is 2. The van der Waals surface area contributed by atoms with E-state index in [0.717, 1.165) is 40.6 Å². The molecule has 2 N–H and O–H groups in total. The molecule has 0 spiro atoms. The van der Waals surface area contributed by atoms with E-state index in [2.05, 4.69) is 20.5 Å². The third-order valence-corrected chi connectivity index (χ3v) is 6.15. The summed E-state index contributed by atoms with van der Waals surface area (Å²) >= 11 is 7.46. The number of hydrogen-bond donors (Lipinski definition) is 2. The van der Waals surface area contributed by atoms with Crippen LogP contribution in [0.3, 0.4) is 0 Å². The van der Waals surface area contributed by atoms with Gasteiger partial charge in [0.2, 0.25) is 5.91 Å². The van der Waals surface area contributed by atoms with E-state index >= 15 is 0 Å². The summed E-state index contributed by atoms with van der Waals surface area (Å²) in [6.07, 6.45) is 0.0876. The highest BCUT2D eigenvalue weighted by atomic mass is 35.5. The lowest BCUT2D eigenvalue weighted by atomic mass is 10.2. The highest BCUT2D eigenvalue weighted by Gasteiger charge is 2.16. The van der Waals surface area contributed by atoms with Crippen LogP contribution in [-0.4, -0.2) is 49.6 Å². The fourth-order valence-corrected chi connectivity index (χ4v) is 4.47. The molecular formula is C21H20ClFN4O3S. The maximum Gasteiger partial charge on any atom is 0.252 e. The molecule has 2 amide bonds. The first-order chi connectivity index (χ1) is 15.0. The van der Waals surface area contributed by atoms with Crippen LogP contribution in [0.1, 0.15) is 16.8 Å². The summed E-state index contributed by atoms with van der Waals surface area (Å²) in [5, 5.41) is 6.42. The van der Waals surface area contributed by atoms with Crippen molar-refractivity contribution in [2.45, 2.75) is 6.42 Å². The number of halogens is 2. The molecule has 0 radical (unpaired) electrons. The van der Waals surface area contributed by atoms with Gasteiger partial charge >= 0.3 is 0 Å². The van der Waals surface area contributed by atoms with Gasteiger partial charge in [0.25, 0.3) is 5.91 Å². The van der Waals surface area contributed by atoms with E-state index in [9.17, 15) is 14.0 Å². The van der Waals surface area contributed by atoms with Crippen molar-refractivity contribution in [1.82, 2.24) is 10.3 Å². The second-order valence-corrected chi connectivity index (χ2v) is 8.37. The second-order valence-electron chi connectivity index (χ2n) is 6.96. The van der Waals surface area contributed by atoms with Gasteiger partial charge in [-0.2, -0.15) is 0 Å². The van der Waals surface area contributed by atoms with Gasteiger partial charge in [-0.15, -0.1) is 0 Å². The molecule has 1 aliphatic heterocycles. The lowest BCUT2D eigenvalue weighted by Gasteiger charge is -2.25. The van der Waals surface area contributed by atoms with Crippen molar-refractivity contribution in [3.05, 3.63) is 52.8 Å². The first kappa shape index (κ1) is 21.5. The van der Waals surface area contributed by atoms with E-state index in [0.29, 0.717) is 18.9 Å². The number of nitrogens with one attached hydrogen (secondary N) is 2. The smallest absolute Gasteiger partial charge is 0.252 e. The molecule has 0 atom stereocenters. The van der Waals surface area contributed by atoms with E-state index in [-0.39, 0.29) is 29.5 Å². The Kier molecular flexibility index (Phi) is 6.64. The average molecular weight is 463 g/mol. The van der Waals surface area contributed by atoms with Gasteiger partial charge in [-0.05, 0) is 36.4 Å². The Hall–Kier alpha value is -2.75. The maximum absolute atomic E-state index is 13.1. The summed E-state index contributed by atoms with van der Waals surface area (Å²) in [6.45, 7) is 3.15. The first-order valence-corrected chi connectivity index (χ1v) is 11.0. The molecule has 1 saturated heterocycles. The van der Waals surface area contributed by atoms with Crippen LogP contribution in [0, 0.1) is 5.82 Å². The lowest BCUT2D eigenvalue weighted by Crippen LogP contribution is -2.36. The number of carbonyl (C=O) groups is 2. The predicted molar refractivity (Wildman–Crippen MR) is 120 cm³/mol. The van der Waals surface area contributed by atoms with Crippen LogP contribution >= 0.6 is 22.9 Å². The van der Waals surface area contributed by atoms with Crippen LogP contribution in [0.15, 0.2) is 36.4 Å². The molecule has 0 aliphatic carbocycles. The molecule has 2 heterocycles. The Bertz CT molecular complexity index is 1120. The van der Waals surface area contributed by atoms with Crippen molar-refractivity contribution in [1.29, 1.82) is 0 Å². The maximum atomic E-state index is 13.1. The van der Waals surface area contributed by atoms with Crippen molar-refractivity contribution in [2.24, 2.45) is 0 Å². The van der Waals surface area contributed by atoms with Crippen LogP contribution in [0.5, 0.6) is 0 Å². The molecular weight excluding hydrogens is 443 g/mol. The van der Waals surface area contributed by atoms with Crippen LogP contribution in [0.2, 0.25) is 5.02 Å². The minimum atomic E-state index is -0.518. The van der Waals surface area contributed by atoms with Crippen molar-refractivity contribution >= 4 is 55.8 Å². The number of nitrogens with zero attached hydrogens (tertiary/aromatic N) is 2. The predicted octanol–water partition coefficient (Wildman–Crippen LogP) is 3.68. The molecule has 0 unspecified atom stereocenters. The van der Waals surface area contributed by atoms with Crippen LogP contribution in [-0.2, 0) is 9.53 Å². The zero-order valence-electron chi connectivity index (χ0n) is 16.5. The quantitative estimate of drug-likeness (QED) is 0.583. The Balaban J connectivity index is 1.31. The molecule has 31 heavy (non-hydrogen) atoms. The normalized spacial score (nSPS) is 13.9.